The molecule has 0 aliphatic carbocycles. The fourth-order valence-corrected chi connectivity index (χ4v) is 2.82. The van der Waals surface area contributed by atoms with Crippen LogP contribution in [-0.4, -0.2) is 24.6 Å². The highest BCUT2D eigenvalue weighted by molar-refractivity contribution is 5.98. The predicted octanol–water partition coefficient (Wildman–Crippen LogP) is 4.58. The quantitative estimate of drug-likeness (QED) is 0.725. The van der Waals surface area contributed by atoms with Crippen LogP contribution in [0.15, 0.2) is 36.4 Å². The predicted molar refractivity (Wildman–Crippen MR) is 106 cm³/mol. The summed E-state index contributed by atoms with van der Waals surface area (Å²) in [6.07, 6.45) is -0.104. The number of benzene rings is 2. The standard InChI is InChI=1S/C22H27NO4/c1-6-19(27-20-12-11-14(3)13-15(20)4)21(24)23-18-10-8-9-17(16(18)5)22(25)26-7-2/h8-13,19H,6-7H2,1-5H3,(H,23,24). The summed E-state index contributed by atoms with van der Waals surface area (Å²) in [6, 6.07) is 11.0. The first-order chi connectivity index (χ1) is 12.9. The smallest absolute Gasteiger partial charge is 0.338 e. The maximum atomic E-state index is 12.7. The maximum Gasteiger partial charge on any atom is 0.338 e. The number of nitrogens with one attached hydrogen (secondary N) is 1. The van der Waals surface area contributed by atoms with Crippen molar-refractivity contribution in [2.24, 2.45) is 0 Å². The van der Waals surface area contributed by atoms with Gasteiger partial charge in [0, 0.05) is 5.69 Å². The van der Waals surface area contributed by atoms with Crippen molar-refractivity contribution in [2.45, 2.75) is 47.1 Å². The molecule has 1 unspecified atom stereocenters. The summed E-state index contributed by atoms with van der Waals surface area (Å²) in [5.74, 6) is 0.0471. The molecule has 0 bridgehead atoms. The topological polar surface area (TPSA) is 64.6 Å². The van der Waals surface area contributed by atoms with Crippen molar-refractivity contribution >= 4 is 17.6 Å². The molecule has 27 heavy (non-hydrogen) atoms. The molecule has 0 spiro atoms. The molecular weight excluding hydrogens is 342 g/mol. The van der Waals surface area contributed by atoms with Crippen LogP contribution in [0.5, 0.6) is 5.75 Å². The molecule has 1 amide bonds. The first kappa shape index (κ1) is 20.5. The summed E-state index contributed by atoms with van der Waals surface area (Å²) < 4.78 is 11.0. The number of esters is 1. The fourth-order valence-electron chi connectivity index (χ4n) is 2.82. The molecule has 0 aliphatic heterocycles. The summed E-state index contributed by atoms with van der Waals surface area (Å²) in [6.45, 7) is 9.72. The lowest BCUT2D eigenvalue weighted by Crippen LogP contribution is -2.33. The van der Waals surface area contributed by atoms with Gasteiger partial charge in [0.2, 0.25) is 0 Å². The molecule has 0 saturated heterocycles. The van der Waals surface area contributed by atoms with E-state index >= 15 is 0 Å². The number of ether oxygens (including phenoxy) is 2. The Kier molecular flexibility index (Phi) is 6.99. The van der Waals surface area contributed by atoms with Crippen molar-refractivity contribution in [1.82, 2.24) is 0 Å². The molecule has 2 aromatic rings. The molecule has 0 fully saturated rings. The van der Waals surface area contributed by atoms with Crippen molar-refractivity contribution in [1.29, 1.82) is 0 Å². The van der Waals surface area contributed by atoms with Gasteiger partial charge in [0.25, 0.3) is 5.91 Å². The first-order valence-corrected chi connectivity index (χ1v) is 9.18. The van der Waals surface area contributed by atoms with Crippen LogP contribution >= 0.6 is 0 Å². The summed E-state index contributed by atoms with van der Waals surface area (Å²) in [5.41, 5.74) is 3.82. The highest BCUT2D eigenvalue weighted by Gasteiger charge is 2.21. The van der Waals surface area contributed by atoms with Gasteiger partial charge in [0.15, 0.2) is 6.10 Å². The van der Waals surface area contributed by atoms with Crippen LogP contribution in [0.2, 0.25) is 0 Å². The van der Waals surface area contributed by atoms with Crippen molar-refractivity contribution in [3.05, 3.63) is 58.7 Å². The van der Waals surface area contributed by atoms with Crippen LogP contribution in [0.3, 0.4) is 0 Å². The van der Waals surface area contributed by atoms with E-state index in [-0.39, 0.29) is 5.91 Å². The summed E-state index contributed by atoms with van der Waals surface area (Å²) >= 11 is 0. The second-order valence-electron chi connectivity index (χ2n) is 6.47. The van der Waals surface area contributed by atoms with Gasteiger partial charge in [-0.05, 0) is 63.4 Å². The minimum absolute atomic E-state index is 0.249. The third-order valence-electron chi connectivity index (χ3n) is 4.35. The zero-order valence-corrected chi connectivity index (χ0v) is 16.6. The van der Waals surface area contributed by atoms with E-state index in [0.717, 1.165) is 11.1 Å². The van der Waals surface area contributed by atoms with Gasteiger partial charge < -0.3 is 14.8 Å². The number of carbonyl (C=O) groups excluding carboxylic acids is 2. The van der Waals surface area contributed by atoms with Gasteiger partial charge in [-0.2, -0.15) is 0 Å². The average molecular weight is 369 g/mol. The van der Waals surface area contributed by atoms with E-state index < -0.39 is 12.1 Å². The third-order valence-corrected chi connectivity index (χ3v) is 4.35. The van der Waals surface area contributed by atoms with E-state index in [1.807, 2.05) is 39.0 Å². The normalized spacial score (nSPS) is 11.6. The Balaban J connectivity index is 2.17. The molecule has 2 rings (SSSR count). The number of rotatable bonds is 7. The van der Waals surface area contributed by atoms with Crippen molar-refractivity contribution in [2.75, 3.05) is 11.9 Å². The van der Waals surface area contributed by atoms with E-state index in [2.05, 4.69) is 5.32 Å². The molecule has 144 valence electrons. The number of hydrogen-bond acceptors (Lipinski definition) is 4. The van der Waals surface area contributed by atoms with Crippen LogP contribution in [0.4, 0.5) is 5.69 Å². The lowest BCUT2D eigenvalue weighted by atomic mass is 10.1. The van der Waals surface area contributed by atoms with Crippen LogP contribution in [0.25, 0.3) is 0 Å². The minimum Gasteiger partial charge on any atom is -0.480 e. The molecule has 0 aliphatic rings. The summed E-state index contributed by atoms with van der Waals surface area (Å²) in [7, 11) is 0. The molecule has 0 saturated carbocycles. The Hall–Kier alpha value is -2.82. The molecular formula is C22H27NO4. The van der Waals surface area contributed by atoms with Crippen molar-refractivity contribution in [3.8, 4) is 5.75 Å². The lowest BCUT2D eigenvalue weighted by molar-refractivity contribution is -0.122. The SMILES string of the molecule is CCOC(=O)c1cccc(NC(=O)C(CC)Oc2ccc(C)cc2C)c1C. The number of hydrogen-bond donors (Lipinski definition) is 1. The van der Waals surface area contributed by atoms with Crippen LogP contribution in [-0.2, 0) is 9.53 Å². The molecule has 5 nitrogen and oxygen atoms in total. The summed E-state index contributed by atoms with van der Waals surface area (Å²) in [5, 5.41) is 2.88. The molecule has 0 radical (unpaired) electrons. The Morgan fingerprint density at radius 3 is 2.44 bits per heavy atom. The van der Waals surface area contributed by atoms with E-state index in [4.69, 9.17) is 9.47 Å². The van der Waals surface area contributed by atoms with Crippen LogP contribution < -0.4 is 10.1 Å². The maximum absolute atomic E-state index is 12.7. The number of aryl methyl sites for hydroxylation is 2. The van der Waals surface area contributed by atoms with Crippen LogP contribution in [0.1, 0.15) is 47.3 Å². The second kappa shape index (κ2) is 9.21. The Morgan fingerprint density at radius 2 is 1.81 bits per heavy atom. The zero-order valence-electron chi connectivity index (χ0n) is 16.6. The minimum atomic E-state index is -0.628. The van der Waals surface area contributed by atoms with E-state index in [1.54, 1.807) is 32.0 Å². The van der Waals surface area contributed by atoms with Crippen LogP contribution in [0, 0.1) is 20.8 Å². The Labute approximate surface area is 160 Å². The van der Waals surface area contributed by atoms with E-state index in [0.29, 0.717) is 35.6 Å². The molecule has 1 N–H and O–H groups in total. The largest absolute Gasteiger partial charge is 0.480 e. The number of anilines is 1. The second-order valence-corrected chi connectivity index (χ2v) is 6.47. The number of carbonyl (C=O) groups is 2. The Morgan fingerprint density at radius 1 is 1.07 bits per heavy atom. The lowest BCUT2D eigenvalue weighted by Gasteiger charge is -2.20. The van der Waals surface area contributed by atoms with E-state index in [9.17, 15) is 9.59 Å². The Bertz CT molecular complexity index is 829. The average Bonchev–Trinajstić information content (AvgIpc) is 2.63. The number of amides is 1. The van der Waals surface area contributed by atoms with Crippen molar-refractivity contribution in [3.63, 3.8) is 0 Å². The highest BCUT2D eigenvalue weighted by Crippen LogP contribution is 2.23. The molecule has 2 aromatic carbocycles. The summed E-state index contributed by atoms with van der Waals surface area (Å²) in [4.78, 5) is 24.8. The monoisotopic (exact) mass is 369 g/mol. The molecule has 1 atom stereocenters. The van der Waals surface area contributed by atoms with Gasteiger partial charge in [-0.1, -0.05) is 30.7 Å². The van der Waals surface area contributed by atoms with Gasteiger partial charge in [0.1, 0.15) is 5.75 Å². The third kappa shape index (κ3) is 5.09. The molecule has 5 heteroatoms. The van der Waals surface area contributed by atoms with E-state index in [1.165, 1.54) is 0 Å². The van der Waals surface area contributed by atoms with Gasteiger partial charge in [-0.15, -0.1) is 0 Å². The fraction of sp³-hybridized carbons (Fsp3) is 0.364. The highest BCUT2D eigenvalue weighted by atomic mass is 16.5. The first-order valence-electron chi connectivity index (χ1n) is 9.18. The van der Waals surface area contributed by atoms with Gasteiger partial charge in [-0.3, -0.25) is 4.79 Å². The van der Waals surface area contributed by atoms with Gasteiger partial charge >= 0.3 is 5.97 Å². The van der Waals surface area contributed by atoms with Gasteiger partial charge in [-0.25, -0.2) is 4.79 Å². The molecule has 0 aromatic heterocycles. The van der Waals surface area contributed by atoms with Gasteiger partial charge in [0.05, 0.1) is 12.2 Å². The molecule has 0 heterocycles. The zero-order chi connectivity index (χ0) is 20.0. The van der Waals surface area contributed by atoms with Crippen molar-refractivity contribution < 1.29 is 19.1 Å².